The minimum atomic E-state index is 0.250. The van der Waals surface area contributed by atoms with Crippen LogP contribution in [0.25, 0.3) is 0 Å². The van der Waals surface area contributed by atoms with Gasteiger partial charge in [-0.3, -0.25) is 5.01 Å². The Bertz CT molecular complexity index is 47.3. The Morgan fingerprint density at radius 3 is 1.75 bits per heavy atom. The molecular formula is C4H12N2O2. The zero-order valence-corrected chi connectivity index (χ0v) is 5.46. The highest BCUT2D eigenvalue weighted by Gasteiger charge is 1.68. The van der Waals surface area contributed by atoms with E-state index in [0.29, 0.717) is 0 Å². The molecule has 8 heavy (non-hydrogen) atoms. The number of aliphatic hydroxyl groups excluding tert-OH is 1. The van der Waals surface area contributed by atoms with Gasteiger partial charge in [0.2, 0.25) is 0 Å². The summed E-state index contributed by atoms with van der Waals surface area (Å²) in [5.41, 5.74) is 0. The molecule has 0 rings (SSSR count). The van der Waals surface area contributed by atoms with Crippen molar-refractivity contribution in [2.75, 3.05) is 20.7 Å². The Morgan fingerprint density at radius 1 is 1.62 bits per heavy atom. The lowest BCUT2D eigenvalue weighted by molar-refractivity contribution is 0.318. The molecule has 0 fully saturated rings. The van der Waals surface area contributed by atoms with Crippen LogP contribution in [-0.2, 0) is 0 Å². The Labute approximate surface area is 49.1 Å². The molecule has 0 atom stereocenters. The molecule has 0 amide bonds. The predicted octanol–water partition coefficient (Wildman–Crippen LogP) is 0.228. The first kappa shape index (κ1) is 10.4. The second kappa shape index (κ2) is 9.61. The molecule has 0 bridgehead atoms. The van der Waals surface area contributed by atoms with Crippen molar-refractivity contribution in [2.24, 2.45) is 5.29 Å². The topological polar surface area (TPSA) is 52.9 Å². The molecule has 1 N–H and O–H groups in total. The second-order valence-electron chi connectivity index (χ2n) is 1.25. The van der Waals surface area contributed by atoms with Crippen molar-refractivity contribution in [1.29, 1.82) is 0 Å². The van der Waals surface area contributed by atoms with Gasteiger partial charge in [-0.25, -0.2) is 0 Å². The number of hydrogen-bond donors (Lipinski definition) is 1. The smallest absolute Gasteiger partial charge is 0.0518 e. The van der Waals surface area contributed by atoms with Gasteiger partial charge >= 0.3 is 0 Å². The number of nitrogens with zero attached hydrogens (tertiary/aromatic N) is 2. The molecule has 50 valence electrons. The first-order valence-corrected chi connectivity index (χ1v) is 2.30. The highest BCUT2D eigenvalue weighted by molar-refractivity contribution is 4.16. The van der Waals surface area contributed by atoms with Crippen molar-refractivity contribution >= 4 is 0 Å². The Morgan fingerprint density at radius 2 is 1.75 bits per heavy atom. The van der Waals surface area contributed by atoms with Crippen LogP contribution in [-0.4, -0.2) is 30.8 Å². The van der Waals surface area contributed by atoms with Crippen molar-refractivity contribution < 1.29 is 5.11 Å². The average molecular weight is 120 g/mol. The van der Waals surface area contributed by atoms with E-state index < -0.39 is 0 Å². The summed E-state index contributed by atoms with van der Waals surface area (Å²) in [7, 11) is 3.15. The van der Waals surface area contributed by atoms with E-state index in [9.17, 15) is 4.91 Å². The zero-order chi connectivity index (χ0) is 6.99. The average Bonchev–Trinajstić information content (AvgIpc) is 1.69. The van der Waals surface area contributed by atoms with Crippen molar-refractivity contribution in [3.8, 4) is 0 Å². The van der Waals surface area contributed by atoms with Gasteiger partial charge in [0.25, 0.3) is 0 Å². The molecule has 4 nitrogen and oxygen atoms in total. The molecule has 0 unspecified atom stereocenters. The maximum absolute atomic E-state index is 9.18. The minimum Gasteiger partial charge on any atom is -0.397 e. The van der Waals surface area contributed by atoms with E-state index in [-0.39, 0.29) is 6.61 Å². The van der Waals surface area contributed by atoms with Crippen molar-refractivity contribution in [3.63, 3.8) is 0 Å². The number of rotatable bonds is 1. The van der Waals surface area contributed by atoms with Crippen LogP contribution in [0, 0.1) is 4.91 Å². The Balaban J connectivity index is 0. The Hall–Kier alpha value is -0.640. The van der Waals surface area contributed by atoms with Crippen LogP contribution in [0.15, 0.2) is 5.29 Å². The highest BCUT2D eigenvalue weighted by atomic mass is 16.3. The Kier molecular flexibility index (Phi) is 12.5. The minimum absolute atomic E-state index is 0.250. The number of aliphatic hydroxyl groups is 1. The second-order valence-corrected chi connectivity index (χ2v) is 1.25. The molecule has 0 aliphatic carbocycles. The van der Waals surface area contributed by atoms with E-state index in [4.69, 9.17) is 5.11 Å². The quantitative estimate of drug-likeness (QED) is 0.398. The summed E-state index contributed by atoms with van der Waals surface area (Å²) in [5.74, 6) is 0. The number of hydrogen-bond acceptors (Lipinski definition) is 3. The molecule has 0 aromatic carbocycles. The normalized spacial score (nSPS) is 6.50. The van der Waals surface area contributed by atoms with Gasteiger partial charge in [0, 0.05) is 20.7 Å². The fraction of sp³-hybridized carbons (Fsp3) is 1.00. The van der Waals surface area contributed by atoms with Crippen LogP contribution in [0.3, 0.4) is 0 Å². The van der Waals surface area contributed by atoms with Crippen molar-refractivity contribution in [2.45, 2.75) is 6.92 Å². The van der Waals surface area contributed by atoms with Gasteiger partial charge in [-0.1, -0.05) is 0 Å². The SMILES string of the molecule is CCO.CN(C)N=O. The molecule has 0 aliphatic heterocycles. The van der Waals surface area contributed by atoms with E-state index in [1.165, 1.54) is 5.01 Å². The molecule has 0 aromatic heterocycles. The molecule has 4 heteroatoms. The van der Waals surface area contributed by atoms with Crippen LogP contribution < -0.4 is 0 Å². The highest BCUT2D eigenvalue weighted by Crippen LogP contribution is 1.64. The third-order valence-electron chi connectivity index (χ3n) is 0.163. The number of nitroso groups, excluding NO2 is 1. The van der Waals surface area contributed by atoms with Crippen LogP contribution in [0.1, 0.15) is 6.92 Å². The van der Waals surface area contributed by atoms with Gasteiger partial charge in [-0.15, -0.1) is 4.91 Å². The molecule has 0 aliphatic rings. The molecule has 0 spiro atoms. The third-order valence-corrected chi connectivity index (χ3v) is 0.163. The molecule has 0 heterocycles. The monoisotopic (exact) mass is 120 g/mol. The van der Waals surface area contributed by atoms with E-state index in [0.717, 1.165) is 0 Å². The summed E-state index contributed by atoms with van der Waals surface area (Å²) in [6.45, 7) is 1.93. The maximum atomic E-state index is 9.18. The van der Waals surface area contributed by atoms with Gasteiger partial charge < -0.3 is 5.11 Å². The summed E-state index contributed by atoms with van der Waals surface area (Å²) in [5, 5.41) is 11.2. The van der Waals surface area contributed by atoms with Crippen molar-refractivity contribution in [1.82, 2.24) is 5.01 Å². The van der Waals surface area contributed by atoms with Crippen LogP contribution in [0.4, 0.5) is 0 Å². The van der Waals surface area contributed by atoms with Crippen LogP contribution >= 0.6 is 0 Å². The maximum Gasteiger partial charge on any atom is 0.0518 e. The van der Waals surface area contributed by atoms with E-state index in [1.807, 2.05) is 0 Å². The summed E-state index contributed by atoms with van der Waals surface area (Å²) < 4.78 is 0. The summed E-state index contributed by atoms with van der Waals surface area (Å²) in [6.07, 6.45) is 0. The molecule has 0 saturated heterocycles. The first-order chi connectivity index (χ1) is 3.68. The van der Waals surface area contributed by atoms with Crippen LogP contribution in [0.2, 0.25) is 0 Å². The van der Waals surface area contributed by atoms with Gasteiger partial charge in [-0.2, -0.15) is 0 Å². The summed E-state index contributed by atoms with van der Waals surface area (Å²) in [6, 6.07) is 0. The lowest BCUT2D eigenvalue weighted by Gasteiger charge is -1.90. The molecule has 0 aromatic rings. The standard InChI is InChI=1S/C2H6N2O.C2H6O/c1-4(2)3-5;1-2-3/h1-2H3;3H,2H2,1H3. The largest absolute Gasteiger partial charge is 0.397 e. The van der Waals surface area contributed by atoms with Crippen LogP contribution in [0.5, 0.6) is 0 Å². The van der Waals surface area contributed by atoms with Gasteiger partial charge in [0.1, 0.15) is 0 Å². The summed E-state index contributed by atoms with van der Waals surface area (Å²) >= 11 is 0. The van der Waals surface area contributed by atoms with Gasteiger partial charge in [0.05, 0.1) is 5.29 Å². The predicted molar refractivity (Wildman–Crippen MR) is 32.2 cm³/mol. The molecule has 0 saturated carbocycles. The lowest BCUT2D eigenvalue weighted by atomic mass is 10.9. The van der Waals surface area contributed by atoms with Gasteiger partial charge in [-0.05, 0) is 6.92 Å². The lowest BCUT2D eigenvalue weighted by Crippen LogP contribution is -1.97. The van der Waals surface area contributed by atoms with E-state index in [1.54, 1.807) is 21.0 Å². The van der Waals surface area contributed by atoms with E-state index in [2.05, 4.69) is 5.29 Å². The molecule has 0 radical (unpaired) electrons. The first-order valence-electron chi connectivity index (χ1n) is 2.30. The fourth-order valence-corrected chi connectivity index (χ4v) is 0. The third kappa shape index (κ3) is 55.1. The fourth-order valence-electron chi connectivity index (χ4n) is 0. The molecular weight excluding hydrogens is 108 g/mol. The summed E-state index contributed by atoms with van der Waals surface area (Å²) in [4.78, 5) is 9.18. The van der Waals surface area contributed by atoms with Gasteiger partial charge in [0.15, 0.2) is 0 Å². The van der Waals surface area contributed by atoms with Crippen molar-refractivity contribution in [3.05, 3.63) is 4.91 Å². The van der Waals surface area contributed by atoms with E-state index >= 15 is 0 Å². The zero-order valence-electron chi connectivity index (χ0n) is 5.46.